The van der Waals surface area contributed by atoms with Crippen LogP contribution in [-0.2, 0) is 4.74 Å². The molecule has 1 heterocycles. The van der Waals surface area contributed by atoms with Gasteiger partial charge in [-0.2, -0.15) is 0 Å². The quantitative estimate of drug-likeness (QED) is 0.728. The number of hydrogen-bond donors (Lipinski definition) is 1. The lowest BCUT2D eigenvalue weighted by Crippen LogP contribution is -2.36. The zero-order chi connectivity index (χ0) is 10.5. The highest BCUT2D eigenvalue weighted by molar-refractivity contribution is 6.17. The molecule has 15 heavy (non-hydrogen) atoms. The Hall–Kier alpha value is -1.20. The number of anilines is 1. The molecule has 1 radical (unpaired) electrons. The van der Waals surface area contributed by atoms with Gasteiger partial charge in [-0.1, -0.05) is 0 Å². The number of benzene rings is 1. The molecule has 0 aliphatic carbocycles. The van der Waals surface area contributed by atoms with Crippen LogP contribution in [0, 0.1) is 0 Å². The first kappa shape index (κ1) is 10.3. The van der Waals surface area contributed by atoms with E-state index in [4.69, 9.17) is 14.4 Å². The summed E-state index contributed by atoms with van der Waals surface area (Å²) in [7, 11) is 0.684. The fourth-order valence-corrected chi connectivity index (χ4v) is 1.62. The van der Waals surface area contributed by atoms with Crippen LogP contribution in [-0.4, -0.2) is 39.0 Å². The Morgan fingerprint density at radius 1 is 1.20 bits per heavy atom. The molecule has 1 aromatic rings. The number of rotatable bonds is 3. The van der Waals surface area contributed by atoms with Crippen LogP contribution < -0.4 is 9.55 Å². The first-order chi connectivity index (χ1) is 7.40. The SMILES string of the molecule is O[B]Oc1ccc(N2CCOCC2)cc1. The van der Waals surface area contributed by atoms with Gasteiger partial charge in [0.25, 0.3) is 0 Å². The monoisotopic (exact) mass is 206 g/mol. The molecule has 0 atom stereocenters. The van der Waals surface area contributed by atoms with Crippen molar-refractivity contribution in [3.05, 3.63) is 24.3 Å². The lowest BCUT2D eigenvalue weighted by atomic mass is 10.2. The third-order valence-corrected chi connectivity index (χ3v) is 2.40. The minimum Gasteiger partial charge on any atom is -0.537 e. The maximum Gasteiger partial charge on any atom is 0.569 e. The maximum absolute atomic E-state index is 8.46. The summed E-state index contributed by atoms with van der Waals surface area (Å²) in [5, 5.41) is 8.46. The van der Waals surface area contributed by atoms with Crippen LogP contribution in [0.15, 0.2) is 24.3 Å². The van der Waals surface area contributed by atoms with Crippen LogP contribution in [0.4, 0.5) is 5.69 Å². The summed E-state index contributed by atoms with van der Waals surface area (Å²) in [6, 6.07) is 7.61. The zero-order valence-corrected chi connectivity index (χ0v) is 8.43. The van der Waals surface area contributed by atoms with E-state index in [1.165, 1.54) is 0 Å². The molecule has 1 N–H and O–H groups in total. The van der Waals surface area contributed by atoms with Gasteiger partial charge in [0.15, 0.2) is 0 Å². The van der Waals surface area contributed by atoms with E-state index in [0.29, 0.717) is 13.4 Å². The molecule has 0 unspecified atom stereocenters. The van der Waals surface area contributed by atoms with Gasteiger partial charge >= 0.3 is 7.69 Å². The van der Waals surface area contributed by atoms with Crippen molar-refractivity contribution >= 4 is 13.4 Å². The van der Waals surface area contributed by atoms with E-state index in [9.17, 15) is 0 Å². The molecule has 0 spiro atoms. The molecule has 0 aromatic heterocycles. The normalized spacial score (nSPS) is 16.2. The third-order valence-electron chi connectivity index (χ3n) is 2.40. The third kappa shape index (κ3) is 2.64. The standard InChI is InChI=1S/C10H13BNO3/c13-11-15-10-3-1-9(2-4-10)12-5-7-14-8-6-12/h1-4,13H,5-8H2. The Kier molecular flexibility index (Phi) is 3.47. The van der Waals surface area contributed by atoms with Crippen LogP contribution in [0.5, 0.6) is 5.75 Å². The van der Waals surface area contributed by atoms with Gasteiger partial charge in [-0.25, -0.2) is 0 Å². The highest BCUT2D eigenvalue weighted by Crippen LogP contribution is 2.19. The molecule has 5 heteroatoms. The van der Waals surface area contributed by atoms with Gasteiger partial charge in [0.05, 0.1) is 13.2 Å². The summed E-state index contributed by atoms with van der Waals surface area (Å²) in [4.78, 5) is 2.26. The van der Waals surface area contributed by atoms with E-state index in [1.54, 1.807) is 0 Å². The summed E-state index contributed by atoms with van der Waals surface area (Å²) >= 11 is 0. The van der Waals surface area contributed by atoms with Crippen LogP contribution in [0.1, 0.15) is 0 Å². The largest absolute Gasteiger partial charge is 0.569 e. The minimum atomic E-state index is 0.634. The molecule has 4 nitrogen and oxygen atoms in total. The van der Waals surface area contributed by atoms with Gasteiger partial charge in [0.1, 0.15) is 5.75 Å². The van der Waals surface area contributed by atoms with Crippen molar-refractivity contribution in [2.24, 2.45) is 0 Å². The summed E-state index contributed by atoms with van der Waals surface area (Å²) in [6.07, 6.45) is 0. The van der Waals surface area contributed by atoms with Crippen molar-refractivity contribution in [1.82, 2.24) is 0 Å². The van der Waals surface area contributed by atoms with Crippen molar-refractivity contribution in [3.8, 4) is 5.75 Å². The molecule has 0 amide bonds. The molecule has 1 fully saturated rings. The van der Waals surface area contributed by atoms with Gasteiger partial charge in [0.2, 0.25) is 0 Å². The molecule has 2 rings (SSSR count). The maximum atomic E-state index is 8.46. The van der Waals surface area contributed by atoms with E-state index in [0.717, 1.165) is 32.0 Å². The predicted octanol–water partition coefficient (Wildman–Crippen LogP) is 0.429. The second-order valence-corrected chi connectivity index (χ2v) is 3.32. The smallest absolute Gasteiger partial charge is 0.537 e. The van der Waals surface area contributed by atoms with Crippen LogP contribution in [0.2, 0.25) is 0 Å². The average molecular weight is 206 g/mol. The summed E-state index contributed by atoms with van der Waals surface area (Å²) < 4.78 is 10.1. The van der Waals surface area contributed by atoms with Crippen LogP contribution in [0.25, 0.3) is 0 Å². The van der Waals surface area contributed by atoms with Gasteiger partial charge in [-0.05, 0) is 24.3 Å². The second kappa shape index (κ2) is 5.05. The van der Waals surface area contributed by atoms with Crippen molar-refractivity contribution in [2.75, 3.05) is 31.2 Å². The molecule has 1 aromatic carbocycles. The van der Waals surface area contributed by atoms with Gasteiger partial charge < -0.3 is 19.3 Å². The topological polar surface area (TPSA) is 41.9 Å². The fraction of sp³-hybridized carbons (Fsp3) is 0.400. The molecule has 0 bridgehead atoms. The molecule has 1 saturated heterocycles. The first-order valence-electron chi connectivity index (χ1n) is 4.95. The summed E-state index contributed by atoms with van der Waals surface area (Å²) in [5.74, 6) is 0.634. The Bertz CT molecular complexity index is 298. The summed E-state index contributed by atoms with van der Waals surface area (Å²) in [5.41, 5.74) is 1.16. The van der Waals surface area contributed by atoms with E-state index in [1.807, 2.05) is 24.3 Å². The van der Waals surface area contributed by atoms with Crippen molar-refractivity contribution in [3.63, 3.8) is 0 Å². The molecule has 1 aliphatic heterocycles. The fourth-order valence-electron chi connectivity index (χ4n) is 1.62. The van der Waals surface area contributed by atoms with E-state index in [-0.39, 0.29) is 0 Å². The zero-order valence-electron chi connectivity index (χ0n) is 8.43. The van der Waals surface area contributed by atoms with E-state index < -0.39 is 0 Å². The van der Waals surface area contributed by atoms with Crippen molar-refractivity contribution in [1.29, 1.82) is 0 Å². The van der Waals surface area contributed by atoms with Gasteiger partial charge in [-0.3, -0.25) is 0 Å². The second-order valence-electron chi connectivity index (χ2n) is 3.32. The summed E-state index contributed by atoms with van der Waals surface area (Å²) in [6.45, 7) is 3.41. The molecular formula is C10H13BNO3. The highest BCUT2D eigenvalue weighted by atomic mass is 16.5. The van der Waals surface area contributed by atoms with Crippen LogP contribution >= 0.6 is 0 Å². The van der Waals surface area contributed by atoms with Crippen molar-refractivity contribution < 1.29 is 14.4 Å². The minimum absolute atomic E-state index is 0.634. The number of hydrogen-bond acceptors (Lipinski definition) is 4. The van der Waals surface area contributed by atoms with E-state index >= 15 is 0 Å². The van der Waals surface area contributed by atoms with Gasteiger partial charge in [-0.15, -0.1) is 0 Å². The molecule has 0 saturated carbocycles. The Morgan fingerprint density at radius 2 is 1.87 bits per heavy atom. The predicted molar refractivity (Wildman–Crippen MR) is 58.1 cm³/mol. The number of ether oxygens (including phenoxy) is 1. The molecule has 1 aliphatic rings. The molecule has 79 valence electrons. The van der Waals surface area contributed by atoms with Gasteiger partial charge in [0, 0.05) is 18.8 Å². The van der Waals surface area contributed by atoms with Crippen LogP contribution in [0.3, 0.4) is 0 Å². The van der Waals surface area contributed by atoms with E-state index in [2.05, 4.69) is 4.90 Å². The Labute approximate surface area is 89.7 Å². The lowest BCUT2D eigenvalue weighted by Gasteiger charge is -2.28. The lowest BCUT2D eigenvalue weighted by molar-refractivity contribution is 0.122. The van der Waals surface area contributed by atoms with Crippen molar-refractivity contribution in [2.45, 2.75) is 0 Å². The molecular weight excluding hydrogens is 193 g/mol. The first-order valence-corrected chi connectivity index (χ1v) is 4.95. The Balaban J connectivity index is 2.02. The Morgan fingerprint density at radius 3 is 2.47 bits per heavy atom. The highest BCUT2D eigenvalue weighted by Gasteiger charge is 2.10. The average Bonchev–Trinajstić information content (AvgIpc) is 2.32. The number of morpholine rings is 1. The number of nitrogens with zero attached hydrogens (tertiary/aromatic N) is 1.